The number of nitrogens with zero attached hydrogens (tertiary/aromatic N) is 2. The Kier molecular flexibility index (Phi) is 3.93. The number of piperidine rings is 1. The van der Waals surface area contributed by atoms with Crippen LogP contribution in [-0.4, -0.2) is 38.5 Å². The first-order valence-electron chi connectivity index (χ1n) is 6.84. The van der Waals surface area contributed by atoms with Crippen molar-refractivity contribution in [3.05, 3.63) is 28.8 Å². The number of hydrogen-bond donors (Lipinski definition) is 0. The third kappa shape index (κ3) is 2.55. The Bertz CT molecular complexity index is 699. The molecule has 1 aromatic rings. The average Bonchev–Trinajstić information content (AvgIpc) is 2.94. The van der Waals surface area contributed by atoms with E-state index in [0.29, 0.717) is 26.1 Å². The van der Waals surface area contributed by atoms with Gasteiger partial charge in [-0.1, -0.05) is 17.7 Å². The molecule has 3 rings (SSSR count). The maximum Gasteiger partial charge on any atom is 0.244 e. The van der Waals surface area contributed by atoms with E-state index in [2.05, 4.69) is 0 Å². The molecule has 0 N–H and O–H groups in total. The lowest BCUT2D eigenvalue weighted by atomic mass is 9.96. The first-order chi connectivity index (χ1) is 10.0. The van der Waals surface area contributed by atoms with Crippen LogP contribution in [0.3, 0.4) is 0 Å². The molecule has 2 aliphatic rings. The fraction of sp³-hybridized carbons (Fsp3) is 0.500. The summed E-state index contributed by atoms with van der Waals surface area (Å²) in [6.07, 6.45) is 1.76. The Morgan fingerprint density at radius 2 is 2.19 bits per heavy atom. The van der Waals surface area contributed by atoms with Crippen LogP contribution in [0.2, 0.25) is 5.02 Å². The first kappa shape index (κ1) is 14.8. The monoisotopic (exact) mass is 326 g/mol. The molecule has 2 fully saturated rings. The number of sulfonamides is 1. The van der Waals surface area contributed by atoms with Crippen LogP contribution in [0.1, 0.15) is 18.4 Å². The van der Waals surface area contributed by atoms with Crippen LogP contribution < -0.4 is 0 Å². The van der Waals surface area contributed by atoms with E-state index in [1.165, 1.54) is 16.4 Å². The fourth-order valence-electron chi connectivity index (χ4n) is 3.03. The van der Waals surface area contributed by atoms with E-state index in [1.807, 2.05) is 6.07 Å². The normalized spacial score (nSPS) is 26.3. The Hall–Kier alpha value is -1.13. The van der Waals surface area contributed by atoms with Gasteiger partial charge < -0.3 is 4.74 Å². The number of benzene rings is 1. The van der Waals surface area contributed by atoms with Gasteiger partial charge in [0.2, 0.25) is 10.0 Å². The summed E-state index contributed by atoms with van der Waals surface area (Å²) in [6, 6.07) is 6.42. The topological polar surface area (TPSA) is 70.4 Å². The molecule has 0 saturated carbocycles. The highest BCUT2D eigenvalue weighted by molar-refractivity contribution is 7.89. The number of fused-ring (bicyclic) bond motifs is 1. The molecule has 112 valence electrons. The zero-order valence-electron chi connectivity index (χ0n) is 11.3. The van der Waals surface area contributed by atoms with Gasteiger partial charge in [0.15, 0.2) is 0 Å². The molecule has 2 saturated heterocycles. The molecule has 7 heteroatoms. The van der Waals surface area contributed by atoms with Gasteiger partial charge in [0.25, 0.3) is 0 Å². The molecule has 5 nitrogen and oxygen atoms in total. The SMILES string of the molecule is N#Cc1c(Cl)cccc1S(=O)(=O)N1CC[C@H]2OCC[C@H]2C1. The van der Waals surface area contributed by atoms with Gasteiger partial charge in [0.1, 0.15) is 11.0 Å². The quantitative estimate of drug-likeness (QED) is 0.833. The molecule has 0 aromatic heterocycles. The van der Waals surface area contributed by atoms with Crippen molar-refractivity contribution < 1.29 is 13.2 Å². The minimum absolute atomic E-state index is 0.00475. The van der Waals surface area contributed by atoms with Gasteiger partial charge in [0.05, 0.1) is 16.7 Å². The highest BCUT2D eigenvalue weighted by atomic mass is 35.5. The van der Waals surface area contributed by atoms with E-state index >= 15 is 0 Å². The zero-order valence-corrected chi connectivity index (χ0v) is 12.9. The first-order valence-corrected chi connectivity index (χ1v) is 8.66. The van der Waals surface area contributed by atoms with Crippen LogP contribution in [-0.2, 0) is 14.8 Å². The van der Waals surface area contributed by atoms with E-state index in [0.717, 1.165) is 6.42 Å². The molecule has 2 atom stereocenters. The molecule has 2 heterocycles. The van der Waals surface area contributed by atoms with E-state index in [9.17, 15) is 13.7 Å². The number of ether oxygens (including phenoxy) is 1. The van der Waals surface area contributed by atoms with Crippen molar-refractivity contribution in [2.75, 3.05) is 19.7 Å². The summed E-state index contributed by atoms with van der Waals surface area (Å²) in [7, 11) is -3.70. The number of nitriles is 1. The molecule has 0 bridgehead atoms. The Morgan fingerprint density at radius 1 is 1.38 bits per heavy atom. The molecule has 0 aliphatic carbocycles. The number of hydrogen-bond acceptors (Lipinski definition) is 4. The largest absolute Gasteiger partial charge is 0.378 e. The van der Waals surface area contributed by atoms with Crippen LogP contribution in [0.5, 0.6) is 0 Å². The van der Waals surface area contributed by atoms with Crippen molar-refractivity contribution in [2.24, 2.45) is 5.92 Å². The summed E-state index contributed by atoms with van der Waals surface area (Å²) >= 11 is 5.94. The second kappa shape index (κ2) is 5.58. The van der Waals surface area contributed by atoms with Crippen molar-refractivity contribution >= 4 is 21.6 Å². The Labute approximate surface area is 129 Å². The van der Waals surface area contributed by atoms with E-state index in [4.69, 9.17) is 16.3 Å². The average molecular weight is 327 g/mol. The lowest BCUT2D eigenvalue weighted by Crippen LogP contribution is -2.44. The van der Waals surface area contributed by atoms with E-state index < -0.39 is 10.0 Å². The third-order valence-electron chi connectivity index (χ3n) is 4.15. The molecule has 0 radical (unpaired) electrons. The molecule has 0 amide bonds. The van der Waals surface area contributed by atoms with Gasteiger partial charge in [-0.2, -0.15) is 9.57 Å². The predicted molar refractivity (Wildman–Crippen MR) is 77.4 cm³/mol. The minimum Gasteiger partial charge on any atom is -0.378 e. The molecule has 2 aliphatic heterocycles. The van der Waals surface area contributed by atoms with Gasteiger partial charge in [0, 0.05) is 25.6 Å². The standard InChI is InChI=1S/C14H15ClN2O3S/c15-12-2-1-3-14(11(12)8-16)21(18,19)17-6-4-13-10(9-17)5-7-20-13/h1-3,10,13H,4-7,9H2/t10-,13+/m0/s1. The Balaban J connectivity index is 1.94. The molecule has 0 spiro atoms. The van der Waals surface area contributed by atoms with Gasteiger partial charge in [-0.15, -0.1) is 0 Å². The van der Waals surface area contributed by atoms with Gasteiger partial charge in [-0.05, 0) is 25.0 Å². The minimum atomic E-state index is -3.70. The van der Waals surface area contributed by atoms with E-state index in [-0.39, 0.29) is 27.5 Å². The van der Waals surface area contributed by atoms with Crippen LogP contribution in [0.15, 0.2) is 23.1 Å². The van der Waals surface area contributed by atoms with Gasteiger partial charge >= 0.3 is 0 Å². The van der Waals surface area contributed by atoms with Crippen LogP contribution in [0, 0.1) is 17.2 Å². The van der Waals surface area contributed by atoms with Gasteiger partial charge in [-0.3, -0.25) is 0 Å². The maximum atomic E-state index is 12.8. The van der Waals surface area contributed by atoms with Crippen LogP contribution in [0.25, 0.3) is 0 Å². The van der Waals surface area contributed by atoms with E-state index in [1.54, 1.807) is 6.07 Å². The Morgan fingerprint density at radius 3 is 2.95 bits per heavy atom. The highest BCUT2D eigenvalue weighted by Crippen LogP contribution is 2.33. The zero-order chi connectivity index (χ0) is 15.0. The molecular weight excluding hydrogens is 312 g/mol. The van der Waals surface area contributed by atoms with Gasteiger partial charge in [-0.25, -0.2) is 8.42 Å². The van der Waals surface area contributed by atoms with Crippen molar-refractivity contribution in [3.63, 3.8) is 0 Å². The molecule has 0 unspecified atom stereocenters. The summed E-state index contributed by atoms with van der Waals surface area (Å²) in [5.74, 6) is 0.248. The summed E-state index contributed by atoms with van der Waals surface area (Å²) < 4.78 is 32.6. The molecular formula is C14H15ClN2O3S. The second-order valence-corrected chi connectivity index (χ2v) is 7.65. The van der Waals surface area contributed by atoms with Crippen molar-refractivity contribution in [1.29, 1.82) is 5.26 Å². The summed E-state index contributed by atoms with van der Waals surface area (Å²) in [4.78, 5) is -0.00475. The molecule has 21 heavy (non-hydrogen) atoms. The lowest BCUT2D eigenvalue weighted by Gasteiger charge is -2.33. The maximum absolute atomic E-state index is 12.8. The van der Waals surface area contributed by atoms with Crippen molar-refractivity contribution in [3.8, 4) is 6.07 Å². The third-order valence-corrected chi connectivity index (χ3v) is 6.37. The lowest BCUT2D eigenvalue weighted by molar-refractivity contribution is 0.0555. The summed E-state index contributed by atoms with van der Waals surface area (Å²) in [6.45, 7) is 1.56. The second-order valence-electron chi connectivity index (χ2n) is 5.33. The summed E-state index contributed by atoms with van der Waals surface area (Å²) in [5, 5.41) is 9.34. The predicted octanol–water partition coefficient (Wildman–Crippen LogP) is 2.01. The van der Waals surface area contributed by atoms with Crippen molar-refractivity contribution in [1.82, 2.24) is 4.31 Å². The fourth-order valence-corrected chi connectivity index (χ4v) is 4.98. The number of halogens is 1. The van der Waals surface area contributed by atoms with Crippen LogP contribution in [0.4, 0.5) is 0 Å². The van der Waals surface area contributed by atoms with Crippen molar-refractivity contribution in [2.45, 2.75) is 23.8 Å². The smallest absolute Gasteiger partial charge is 0.244 e. The summed E-state index contributed by atoms with van der Waals surface area (Å²) in [5.41, 5.74) is 0.0176. The highest BCUT2D eigenvalue weighted by Gasteiger charge is 2.39. The molecule has 1 aromatic carbocycles. The van der Waals surface area contributed by atoms with Crippen LogP contribution >= 0.6 is 11.6 Å². The number of rotatable bonds is 2.